The van der Waals surface area contributed by atoms with Gasteiger partial charge in [0.05, 0.1) is 0 Å². The van der Waals surface area contributed by atoms with Crippen LogP contribution in [0.15, 0.2) is 71.7 Å². The van der Waals surface area contributed by atoms with Gasteiger partial charge in [-0.2, -0.15) is 0 Å². The molecule has 6 heteroatoms. The van der Waals surface area contributed by atoms with Gasteiger partial charge in [-0.05, 0) is 87.1 Å². The SMILES string of the molecule is Cc1cccc(C(=O)Nc2ccc(-n3cccc(C(=O)NC4CCC(C)CC4)c3=O)cc2)c1. The first-order valence-corrected chi connectivity index (χ1v) is 11.4. The lowest BCUT2D eigenvalue weighted by Gasteiger charge is -2.26. The molecule has 1 heterocycles. The summed E-state index contributed by atoms with van der Waals surface area (Å²) in [6.07, 6.45) is 5.72. The van der Waals surface area contributed by atoms with Crippen LogP contribution >= 0.6 is 0 Å². The van der Waals surface area contributed by atoms with Gasteiger partial charge in [-0.25, -0.2) is 0 Å². The maximum Gasteiger partial charge on any atom is 0.267 e. The van der Waals surface area contributed by atoms with Crippen LogP contribution in [0.2, 0.25) is 0 Å². The molecule has 0 saturated heterocycles. The number of hydrogen-bond acceptors (Lipinski definition) is 3. The number of nitrogens with one attached hydrogen (secondary N) is 2. The van der Waals surface area contributed by atoms with Crippen LogP contribution in [0.25, 0.3) is 5.69 Å². The van der Waals surface area contributed by atoms with Crippen molar-refractivity contribution in [2.45, 2.75) is 45.6 Å². The molecule has 0 radical (unpaired) electrons. The average Bonchev–Trinajstić information content (AvgIpc) is 2.81. The van der Waals surface area contributed by atoms with Crippen LogP contribution in [0.3, 0.4) is 0 Å². The molecule has 1 fully saturated rings. The predicted molar refractivity (Wildman–Crippen MR) is 130 cm³/mol. The van der Waals surface area contributed by atoms with E-state index in [4.69, 9.17) is 0 Å². The van der Waals surface area contributed by atoms with E-state index in [1.165, 1.54) is 4.57 Å². The molecule has 1 aliphatic rings. The van der Waals surface area contributed by atoms with Gasteiger partial charge in [0.25, 0.3) is 17.4 Å². The highest BCUT2D eigenvalue weighted by Gasteiger charge is 2.22. The highest BCUT2D eigenvalue weighted by molar-refractivity contribution is 6.04. The van der Waals surface area contributed by atoms with Crippen molar-refractivity contribution in [3.05, 3.63) is 93.9 Å². The number of carbonyl (C=O) groups is 2. The number of aryl methyl sites for hydroxylation is 1. The van der Waals surface area contributed by atoms with E-state index >= 15 is 0 Å². The lowest BCUT2D eigenvalue weighted by atomic mass is 9.87. The van der Waals surface area contributed by atoms with Gasteiger partial charge in [0.1, 0.15) is 5.56 Å². The highest BCUT2D eigenvalue weighted by Crippen LogP contribution is 2.23. The second kappa shape index (κ2) is 9.86. The Balaban J connectivity index is 1.47. The van der Waals surface area contributed by atoms with Crippen molar-refractivity contribution in [3.8, 4) is 5.69 Å². The van der Waals surface area contributed by atoms with Crippen molar-refractivity contribution < 1.29 is 9.59 Å². The Morgan fingerprint density at radius 2 is 1.64 bits per heavy atom. The van der Waals surface area contributed by atoms with Crippen molar-refractivity contribution in [1.82, 2.24) is 9.88 Å². The third-order valence-electron chi connectivity index (χ3n) is 6.23. The third kappa shape index (κ3) is 5.40. The maximum atomic E-state index is 13.0. The number of benzene rings is 2. The van der Waals surface area contributed by atoms with E-state index in [0.29, 0.717) is 22.9 Å². The van der Waals surface area contributed by atoms with E-state index in [9.17, 15) is 14.4 Å². The Kier molecular flexibility index (Phi) is 6.73. The zero-order valence-corrected chi connectivity index (χ0v) is 19.0. The van der Waals surface area contributed by atoms with Gasteiger partial charge in [0, 0.05) is 29.2 Å². The zero-order chi connectivity index (χ0) is 23.4. The normalized spacial score (nSPS) is 17.9. The summed E-state index contributed by atoms with van der Waals surface area (Å²) in [4.78, 5) is 38.2. The second-order valence-electron chi connectivity index (χ2n) is 8.90. The third-order valence-corrected chi connectivity index (χ3v) is 6.23. The van der Waals surface area contributed by atoms with Gasteiger partial charge in [-0.1, -0.05) is 24.6 Å². The lowest BCUT2D eigenvalue weighted by molar-refractivity contribution is 0.0920. The Bertz CT molecular complexity index is 1210. The molecule has 0 bridgehead atoms. The molecule has 33 heavy (non-hydrogen) atoms. The molecule has 2 amide bonds. The maximum absolute atomic E-state index is 13.0. The molecule has 0 atom stereocenters. The lowest BCUT2D eigenvalue weighted by Crippen LogP contribution is -2.40. The van der Waals surface area contributed by atoms with Gasteiger partial charge >= 0.3 is 0 Å². The first kappa shape index (κ1) is 22.5. The number of amides is 2. The van der Waals surface area contributed by atoms with E-state index in [0.717, 1.165) is 31.2 Å². The zero-order valence-electron chi connectivity index (χ0n) is 19.0. The van der Waals surface area contributed by atoms with Gasteiger partial charge in [0.2, 0.25) is 0 Å². The summed E-state index contributed by atoms with van der Waals surface area (Å²) in [6.45, 7) is 4.17. The number of nitrogens with zero attached hydrogens (tertiary/aromatic N) is 1. The molecule has 0 spiro atoms. The van der Waals surface area contributed by atoms with Crippen LogP contribution in [-0.2, 0) is 0 Å². The van der Waals surface area contributed by atoms with Gasteiger partial charge in [-0.15, -0.1) is 0 Å². The fraction of sp³-hybridized carbons (Fsp3) is 0.296. The minimum Gasteiger partial charge on any atom is -0.349 e. The van der Waals surface area contributed by atoms with E-state index in [-0.39, 0.29) is 29.0 Å². The molecular weight excluding hydrogens is 414 g/mol. The monoisotopic (exact) mass is 443 g/mol. The Hall–Kier alpha value is -3.67. The molecule has 2 N–H and O–H groups in total. The van der Waals surface area contributed by atoms with Gasteiger partial charge in [0.15, 0.2) is 0 Å². The molecule has 4 rings (SSSR count). The van der Waals surface area contributed by atoms with E-state index in [1.807, 2.05) is 25.1 Å². The summed E-state index contributed by atoms with van der Waals surface area (Å²) >= 11 is 0. The molecule has 1 aliphatic carbocycles. The molecule has 0 aliphatic heterocycles. The van der Waals surface area contributed by atoms with Crippen LogP contribution < -0.4 is 16.2 Å². The Morgan fingerprint density at radius 3 is 2.33 bits per heavy atom. The van der Waals surface area contributed by atoms with Gasteiger partial charge in [-0.3, -0.25) is 19.0 Å². The van der Waals surface area contributed by atoms with Crippen LogP contribution in [0.1, 0.15) is 58.9 Å². The van der Waals surface area contributed by atoms with Crippen molar-refractivity contribution >= 4 is 17.5 Å². The average molecular weight is 444 g/mol. The van der Waals surface area contributed by atoms with E-state index in [1.54, 1.807) is 48.7 Å². The van der Waals surface area contributed by atoms with Crippen molar-refractivity contribution in [1.29, 1.82) is 0 Å². The van der Waals surface area contributed by atoms with Crippen molar-refractivity contribution in [2.75, 3.05) is 5.32 Å². The minimum atomic E-state index is -0.365. The van der Waals surface area contributed by atoms with E-state index < -0.39 is 0 Å². The largest absolute Gasteiger partial charge is 0.349 e. The fourth-order valence-corrected chi connectivity index (χ4v) is 4.23. The smallest absolute Gasteiger partial charge is 0.267 e. The van der Waals surface area contributed by atoms with Crippen molar-refractivity contribution in [2.24, 2.45) is 5.92 Å². The minimum absolute atomic E-state index is 0.123. The molecule has 1 aromatic heterocycles. The molecule has 6 nitrogen and oxygen atoms in total. The number of pyridine rings is 1. The fourth-order valence-electron chi connectivity index (χ4n) is 4.23. The highest BCUT2D eigenvalue weighted by atomic mass is 16.2. The molecule has 1 saturated carbocycles. The molecule has 2 aromatic carbocycles. The summed E-state index contributed by atoms with van der Waals surface area (Å²) in [6, 6.07) is 17.7. The first-order chi connectivity index (χ1) is 15.9. The summed E-state index contributed by atoms with van der Waals surface area (Å²) in [5, 5.41) is 5.89. The number of rotatable bonds is 5. The van der Waals surface area contributed by atoms with Crippen LogP contribution in [0, 0.1) is 12.8 Å². The first-order valence-electron chi connectivity index (χ1n) is 11.4. The second-order valence-corrected chi connectivity index (χ2v) is 8.90. The van der Waals surface area contributed by atoms with E-state index in [2.05, 4.69) is 17.6 Å². The number of aromatic nitrogens is 1. The number of carbonyl (C=O) groups excluding carboxylic acids is 2. The quantitative estimate of drug-likeness (QED) is 0.599. The van der Waals surface area contributed by atoms with Crippen LogP contribution in [-0.4, -0.2) is 22.4 Å². The summed E-state index contributed by atoms with van der Waals surface area (Å²) in [7, 11) is 0. The molecular formula is C27H29N3O3. The summed E-state index contributed by atoms with van der Waals surface area (Å²) < 4.78 is 1.45. The molecule has 170 valence electrons. The molecule has 0 unspecified atom stereocenters. The Morgan fingerprint density at radius 1 is 0.909 bits per heavy atom. The van der Waals surface area contributed by atoms with Crippen molar-refractivity contribution in [3.63, 3.8) is 0 Å². The predicted octanol–water partition coefficient (Wildman–Crippen LogP) is 4.71. The summed E-state index contributed by atoms with van der Waals surface area (Å²) in [5.41, 5.74) is 2.61. The Labute approximate surface area is 193 Å². The van der Waals surface area contributed by atoms with Crippen LogP contribution in [0.4, 0.5) is 5.69 Å². The van der Waals surface area contributed by atoms with Gasteiger partial charge < -0.3 is 10.6 Å². The number of hydrogen-bond donors (Lipinski definition) is 2. The topological polar surface area (TPSA) is 80.2 Å². The van der Waals surface area contributed by atoms with Crippen LogP contribution in [0.5, 0.6) is 0 Å². The summed E-state index contributed by atoms with van der Waals surface area (Å²) in [5.74, 6) is 0.173. The number of anilines is 1. The molecule has 3 aromatic rings. The standard InChI is InChI=1S/C27H29N3O3/c1-18-8-10-21(11-9-18)29-26(32)24-7-4-16-30(27(24)33)23-14-12-22(13-15-23)28-25(31)20-6-3-5-19(2)17-20/h3-7,12-18,21H,8-11H2,1-2H3,(H,28,31)(H,29,32).